The normalized spacial score (nSPS) is 10.2. The van der Waals surface area contributed by atoms with E-state index in [-0.39, 0.29) is 11.4 Å². The first-order chi connectivity index (χ1) is 10.1. The largest absolute Gasteiger partial charge is 0.490 e. The van der Waals surface area contributed by atoms with Crippen LogP contribution >= 0.6 is 11.8 Å². The number of nitro groups is 1. The Hall–Kier alpha value is -2.21. The van der Waals surface area contributed by atoms with Crippen LogP contribution in [0.4, 0.5) is 11.4 Å². The molecule has 0 aliphatic heterocycles. The molecule has 2 aromatic rings. The number of ether oxygens (including phenoxy) is 1. The molecule has 0 bridgehead atoms. The predicted octanol–water partition coefficient (Wildman–Crippen LogP) is 3.94. The molecule has 0 atom stereocenters. The maximum atomic E-state index is 11.0. The minimum absolute atomic E-state index is 0.0415. The van der Waals surface area contributed by atoms with Crippen molar-refractivity contribution in [2.24, 2.45) is 0 Å². The quantitative estimate of drug-likeness (QED) is 0.497. The molecule has 0 saturated carbocycles. The Bertz CT molecular complexity index is 629. The predicted molar refractivity (Wildman–Crippen MR) is 85.2 cm³/mol. The lowest BCUT2D eigenvalue weighted by molar-refractivity contribution is -0.385. The summed E-state index contributed by atoms with van der Waals surface area (Å²) < 4.78 is 4.98. The molecule has 5 nitrogen and oxygen atoms in total. The Balaban J connectivity index is 2.08. The third-order valence-electron chi connectivity index (χ3n) is 3.03. The molecule has 0 radical (unpaired) electrons. The minimum atomic E-state index is -0.447. The van der Waals surface area contributed by atoms with Crippen molar-refractivity contribution in [1.82, 2.24) is 0 Å². The average Bonchev–Trinajstić information content (AvgIpc) is 2.53. The lowest BCUT2D eigenvalue weighted by atomic mass is 10.2. The Labute approximate surface area is 127 Å². The zero-order chi connectivity index (χ0) is 15.2. The average molecular weight is 304 g/mol. The van der Waals surface area contributed by atoms with Gasteiger partial charge in [0.05, 0.1) is 12.0 Å². The number of benzene rings is 2. The third kappa shape index (κ3) is 3.88. The smallest absolute Gasteiger partial charge is 0.312 e. The first kappa shape index (κ1) is 15.2. The molecule has 0 unspecified atom stereocenters. The molecule has 6 heteroatoms. The molecule has 0 heterocycles. The van der Waals surface area contributed by atoms with Crippen molar-refractivity contribution in [1.29, 1.82) is 0 Å². The summed E-state index contributed by atoms with van der Waals surface area (Å²) in [5.41, 5.74) is 1.77. The lowest BCUT2D eigenvalue weighted by Gasteiger charge is -2.08. The van der Waals surface area contributed by atoms with Crippen molar-refractivity contribution in [2.75, 3.05) is 18.7 Å². The topological polar surface area (TPSA) is 64.4 Å². The van der Waals surface area contributed by atoms with E-state index >= 15 is 0 Å². The van der Waals surface area contributed by atoms with Gasteiger partial charge in [0.1, 0.15) is 0 Å². The fourth-order valence-electron chi connectivity index (χ4n) is 1.89. The molecule has 0 aromatic heterocycles. The summed E-state index contributed by atoms with van der Waals surface area (Å²) in [6.45, 7) is 0.609. The number of anilines is 1. The number of thioether (sulfide) groups is 1. The van der Waals surface area contributed by atoms with Gasteiger partial charge in [0.2, 0.25) is 0 Å². The number of nitro benzene ring substituents is 1. The van der Waals surface area contributed by atoms with Gasteiger partial charge >= 0.3 is 5.69 Å². The van der Waals surface area contributed by atoms with Crippen molar-refractivity contribution in [3.63, 3.8) is 0 Å². The van der Waals surface area contributed by atoms with Gasteiger partial charge in [-0.1, -0.05) is 12.1 Å². The van der Waals surface area contributed by atoms with Gasteiger partial charge in [-0.2, -0.15) is 0 Å². The summed E-state index contributed by atoms with van der Waals surface area (Å²) in [4.78, 5) is 11.7. The lowest BCUT2D eigenvalue weighted by Crippen LogP contribution is -2.01. The first-order valence-corrected chi connectivity index (χ1v) is 7.55. The molecule has 2 rings (SSSR count). The van der Waals surface area contributed by atoms with E-state index in [0.29, 0.717) is 12.2 Å². The molecule has 1 N–H and O–H groups in total. The SMILES string of the molecule is COc1ccc(NCc2ccc(SC)cc2)cc1[N+](=O)[O-]. The van der Waals surface area contributed by atoms with Crippen LogP contribution in [0.3, 0.4) is 0 Å². The van der Waals surface area contributed by atoms with Crippen molar-refractivity contribution < 1.29 is 9.66 Å². The highest BCUT2D eigenvalue weighted by molar-refractivity contribution is 7.98. The summed E-state index contributed by atoms with van der Waals surface area (Å²) in [6, 6.07) is 13.0. The van der Waals surface area contributed by atoms with Crippen LogP contribution in [-0.2, 0) is 6.54 Å². The maximum Gasteiger partial charge on any atom is 0.312 e. The van der Waals surface area contributed by atoms with E-state index in [1.165, 1.54) is 18.1 Å². The van der Waals surface area contributed by atoms with E-state index < -0.39 is 4.92 Å². The number of rotatable bonds is 6. The van der Waals surface area contributed by atoms with E-state index in [4.69, 9.17) is 4.74 Å². The summed E-state index contributed by atoms with van der Waals surface area (Å²) in [7, 11) is 1.42. The number of nitrogens with one attached hydrogen (secondary N) is 1. The van der Waals surface area contributed by atoms with Gasteiger partial charge in [-0.05, 0) is 36.1 Å². The van der Waals surface area contributed by atoms with Crippen molar-refractivity contribution >= 4 is 23.1 Å². The molecular formula is C15H16N2O3S. The van der Waals surface area contributed by atoms with Gasteiger partial charge < -0.3 is 10.1 Å². The summed E-state index contributed by atoms with van der Waals surface area (Å²) >= 11 is 1.69. The Kier molecular flexibility index (Phi) is 5.05. The maximum absolute atomic E-state index is 11.0. The van der Waals surface area contributed by atoms with E-state index in [2.05, 4.69) is 17.4 Å². The molecule has 0 aliphatic carbocycles. The Morgan fingerprint density at radius 2 is 1.95 bits per heavy atom. The van der Waals surface area contributed by atoms with Crippen molar-refractivity contribution in [3.05, 3.63) is 58.1 Å². The molecule has 0 saturated heterocycles. The third-order valence-corrected chi connectivity index (χ3v) is 3.77. The summed E-state index contributed by atoms with van der Waals surface area (Å²) in [5, 5.41) is 14.2. The number of hydrogen-bond acceptors (Lipinski definition) is 5. The molecule has 0 spiro atoms. The van der Waals surface area contributed by atoms with Crippen molar-refractivity contribution in [3.8, 4) is 5.75 Å². The fourth-order valence-corrected chi connectivity index (χ4v) is 2.30. The van der Waals surface area contributed by atoms with Gasteiger partial charge in [-0.25, -0.2) is 0 Å². The van der Waals surface area contributed by atoms with Crippen LogP contribution in [-0.4, -0.2) is 18.3 Å². The van der Waals surface area contributed by atoms with E-state index in [1.54, 1.807) is 23.9 Å². The zero-order valence-electron chi connectivity index (χ0n) is 11.8. The number of hydrogen-bond donors (Lipinski definition) is 1. The van der Waals surface area contributed by atoms with E-state index in [0.717, 1.165) is 5.56 Å². The van der Waals surface area contributed by atoms with Gasteiger partial charge in [0, 0.05) is 23.2 Å². The summed E-state index contributed by atoms with van der Waals surface area (Å²) in [6.07, 6.45) is 2.03. The fraction of sp³-hybridized carbons (Fsp3) is 0.200. The van der Waals surface area contributed by atoms with Crippen LogP contribution in [0.1, 0.15) is 5.56 Å². The van der Waals surface area contributed by atoms with Crippen LogP contribution in [0.5, 0.6) is 5.75 Å². The van der Waals surface area contributed by atoms with Gasteiger partial charge in [-0.15, -0.1) is 11.8 Å². The highest BCUT2D eigenvalue weighted by Gasteiger charge is 2.14. The molecule has 0 amide bonds. The molecule has 0 fully saturated rings. The monoisotopic (exact) mass is 304 g/mol. The number of methoxy groups -OCH3 is 1. The standard InChI is InChI=1S/C15H16N2O3S/c1-20-15-8-5-12(9-14(15)17(18)19)16-10-11-3-6-13(21-2)7-4-11/h3-9,16H,10H2,1-2H3. The minimum Gasteiger partial charge on any atom is -0.490 e. The van der Waals surface area contributed by atoms with Gasteiger partial charge in [-0.3, -0.25) is 10.1 Å². The van der Waals surface area contributed by atoms with Gasteiger partial charge in [0.25, 0.3) is 0 Å². The molecule has 21 heavy (non-hydrogen) atoms. The first-order valence-electron chi connectivity index (χ1n) is 6.33. The highest BCUT2D eigenvalue weighted by Crippen LogP contribution is 2.29. The number of nitrogens with zero attached hydrogens (tertiary/aromatic N) is 1. The van der Waals surface area contributed by atoms with Crippen LogP contribution in [0.15, 0.2) is 47.4 Å². The second-order valence-corrected chi connectivity index (χ2v) is 5.23. The Morgan fingerprint density at radius 3 is 2.52 bits per heavy atom. The second-order valence-electron chi connectivity index (χ2n) is 4.35. The summed E-state index contributed by atoms with van der Waals surface area (Å²) in [5.74, 6) is 0.259. The molecule has 110 valence electrons. The molecule has 0 aliphatic rings. The van der Waals surface area contributed by atoms with Crippen LogP contribution in [0.25, 0.3) is 0 Å². The molecular weight excluding hydrogens is 288 g/mol. The van der Waals surface area contributed by atoms with Crippen LogP contribution in [0, 0.1) is 10.1 Å². The van der Waals surface area contributed by atoms with E-state index in [9.17, 15) is 10.1 Å². The zero-order valence-corrected chi connectivity index (χ0v) is 12.6. The highest BCUT2D eigenvalue weighted by atomic mass is 32.2. The Morgan fingerprint density at radius 1 is 1.24 bits per heavy atom. The van der Waals surface area contributed by atoms with Crippen LogP contribution < -0.4 is 10.1 Å². The molecule has 2 aromatic carbocycles. The van der Waals surface area contributed by atoms with Crippen LogP contribution in [0.2, 0.25) is 0 Å². The van der Waals surface area contributed by atoms with Gasteiger partial charge in [0.15, 0.2) is 5.75 Å². The second kappa shape index (κ2) is 6.99. The van der Waals surface area contributed by atoms with E-state index in [1.807, 2.05) is 18.4 Å². The van der Waals surface area contributed by atoms with Crippen molar-refractivity contribution in [2.45, 2.75) is 11.4 Å².